The van der Waals surface area contributed by atoms with Crippen molar-refractivity contribution in [2.75, 3.05) is 32.1 Å². The number of alkyl halides is 3. The van der Waals surface area contributed by atoms with E-state index in [9.17, 15) is 26.4 Å². The largest absolute Gasteiger partial charge is 0.481 e. The number of nitrogens with zero attached hydrogens (tertiary/aromatic N) is 2. The smallest absolute Gasteiger partial charge is 0.393 e. The van der Waals surface area contributed by atoms with Gasteiger partial charge in [0.25, 0.3) is 0 Å². The van der Waals surface area contributed by atoms with Gasteiger partial charge in [0.1, 0.15) is 0 Å². The second kappa shape index (κ2) is 6.25. The number of hydrogen-bond donors (Lipinski definition) is 1. The number of benzene rings is 1. The molecule has 0 aromatic heterocycles. The molecule has 0 aliphatic carbocycles. The molecule has 24 heavy (non-hydrogen) atoms. The maximum atomic E-state index is 13.0. The van der Waals surface area contributed by atoms with Gasteiger partial charge in [-0.1, -0.05) is 6.07 Å². The Morgan fingerprint density at radius 1 is 1.29 bits per heavy atom. The molecule has 1 heterocycles. The molecule has 134 valence electrons. The van der Waals surface area contributed by atoms with Gasteiger partial charge in [0, 0.05) is 32.9 Å². The minimum Gasteiger partial charge on any atom is -0.481 e. The standard InChI is InChI=1S/C14H17F3N2O4S/c1-18(2)9-4-3-5-10(6-9)24(22,23)19-7-11(13(20)21)12(8-19)14(15,16)17/h3-6,11-12H,7-8H2,1-2H3,(H,20,21)/t11-,12-/m1/s1. The van der Waals surface area contributed by atoms with Crippen molar-refractivity contribution in [1.29, 1.82) is 0 Å². The summed E-state index contributed by atoms with van der Waals surface area (Å²) in [5, 5.41) is 8.99. The van der Waals surface area contributed by atoms with Crippen LogP contribution in [0, 0.1) is 11.8 Å². The van der Waals surface area contributed by atoms with Gasteiger partial charge in [0.2, 0.25) is 10.0 Å². The van der Waals surface area contributed by atoms with Crippen LogP contribution in [-0.4, -0.2) is 57.2 Å². The van der Waals surface area contributed by atoms with Gasteiger partial charge >= 0.3 is 12.1 Å². The molecule has 10 heteroatoms. The molecule has 2 rings (SSSR count). The van der Waals surface area contributed by atoms with Crippen LogP contribution in [0.5, 0.6) is 0 Å². The van der Waals surface area contributed by atoms with Gasteiger partial charge in [-0.25, -0.2) is 8.42 Å². The fourth-order valence-electron chi connectivity index (χ4n) is 2.62. The molecule has 0 unspecified atom stereocenters. The monoisotopic (exact) mass is 366 g/mol. The molecular formula is C14H17F3N2O4S. The van der Waals surface area contributed by atoms with Crippen molar-refractivity contribution in [2.45, 2.75) is 11.1 Å². The van der Waals surface area contributed by atoms with E-state index >= 15 is 0 Å². The van der Waals surface area contributed by atoms with E-state index in [4.69, 9.17) is 5.11 Å². The van der Waals surface area contributed by atoms with E-state index in [0.29, 0.717) is 9.99 Å². The Morgan fingerprint density at radius 3 is 2.38 bits per heavy atom. The average Bonchev–Trinajstić information content (AvgIpc) is 2.93. The highest BCUT2D eigenvalue weighted by molar-refractivity contribution is 7.89. The number of carboxylic acids is 1. The average molecular weight is 366 g/mol. The van der Waals surface area contributed by atoms with Crippen LogP contribution in [0.25, 0.3) is 0 Å². The highest BCUT2D eigenvalue weighted by atomic mass is 32.2. The first-order valence-corrected chi connectivity index (χ1v) is 8.45. The van der Waals surface area contributed by atoms with E-state index in [-0.39, 0.29) is 4.90 Å². The molecule has 1 aliphatic rings. The van der Waals surface area contributed by atoms with Gasteiger partial charge in [0.05, 0.1) is 16.7 Å². The second-order valence-electron chi connectivity index (χ2n) is 5.81. The van der Waals surface area contributed by atoms with Crippen molar-refractivity contribution < 1.29 is 31.5 Å². The molecule has 1 aromatic carbocycles. The van der Waals surface area contributed by atoms with Gasteiger partial charge in [-0.15, -0.1) is 0 Å². The molecule has 0 radical (unpaired) electrons. The van der Waals surface area contributed by atoms with Crippen LogP contribution in [0.4, 0.5) is 18.9 Å². The minimum atomic E-state index is -4.78. The van der Waals surface area contributed by atoms with Crippen LogP contribution in [0.15, 0.2) is 29.2 Å². The quantitative estimate of drug-likeness (QED) is 0.877. The predicted octanol–water partition coefficient (Wildman–Crippen LogP) is 1.64. The van der Waals surface area contributed by atoms with Crippen molar-refractivity contribution in [3.63, 3.8) is 0 Å². The molecule has 6 nitrogen and oxygen atoms in total. The maximum absolute atomic E-state index is 13.0. The Kier molecular flexibility index (Phi) is 4.82. The van der Waals surface area contributed by atoms with E-state index in [1.165, 1.54) is 18.2 Å². The minimum absolute atomic E-state index is 0.166. The summed E-state index contributed by atoms with van der Waals surface area (Å²) in [5.41, 5.74) is 0.567. The lowest BCUT2D eigenvalue weighted by Crippen LogP contribution is -2.34. The fraction of sp³-hybridized carbons (Fsp3) is 0.500. The van der Waals surface area contributed by atoms with E-state index in [0.717, 1.165) is 0 Å². The molecule has 2 atom stereocenters. The third kappa shape index (κ3) is 3.48. The van der Waals surface area contributed by atoms with Crippen LogP contribution >= 0.6 is 0 Å². The molecule has 1 aliphatic heterocycles. The number of anilines is 1. The molecule has 0 amide bonds. The predicted molar refractivity (Wildman–Crippen MR) is 80.2 cm³/mol. The lowest BCUT2D eigenvalue weighted by atomic mass is 9.96. The summed E-state index contributed by atoms with van der Waals surface area (Å²) in [6.07, 6.45) is -4.78. The van der Waals surface area contributed by atoms with Gasteiger partial charge in [0.15, 0.2) is 0 Å². The Hall–Kier alpha value is -1.81. The van der Waals surface area contributed by atoms with Crippen molar-refractivity contribution in [3.8, 4) is 0 Å². The van der Waals surface area contributed by atoms with Gasteiger partial charge < -0.3 is 10.0 Å². The SMILES string of the molecule is CN(C)c1cccc(S(=O)(=O)N2C[C@@H](C(F)(F)F)[C@H](C(=O)O)C2)c1. The first-order valence-electron chi connectivity index (χ1n) is 7.01. The molecule has 0 bridgehead atoms. The zero-order valence-corrected chi connectivity index (χ0v) is 13.8. The lowest BCUT2D eigenvalue weighted by molar-refractivity contribution is -0.187. The van der Waals surface area contributed by atoms with Crippen LogP contribution in [0.3, 0.4) is 0 Å². The number of hydrogen-bond acceptors (Lipinski definition) is 4. The maximum Gasteiger partial charge on any atom is 0.393 e. The van der Waals surface area contributed by atoms with Crippen molar-refractivity contribution >= 4 is 21.7 Å². The number of aliphatic carboxylic acids is 1. The molecule has 1 aromatic rings. The first-order chi connectivity index (χ1) is 10.9. The zero-order chi connectivity index (χ0) is 18.3. The summed E-state index contributed by atoms with van der Waals surface area (Å²) in [5.74, 6) is -5.68. The zero-order valence-electron chi connectivity index (χ0n) is 13.0. The Bertz CT molecular complexity index is 734. The van der Waals surface area contributed by atoms with Crippen LogP contribution in [0.2, 0.25) is 0 Å². The number of rotatable bonds is 4. The summed E-state index contributed by atoms with van der Waals surface area (Å²) in [6, 6.07) is 5.75. The van der Waals surface area contributed by atoms with Gasteiger partial charge in [-0.2, -0.15) is 17.5 Å². The normalized spacial score (nSPS) is 22.5. The highest BCUT2D eigenvalue weighted by Crippen LogP contribution is 2.39. The molecule has 1 fully saturated rings. The van der Waals surface area contributed by atoms with Crippen molar-refractivity contribution in [2.24, 2.45) is 11.8 Å². The Balaban J connectivity index is 2.37. The summed E-state index contributed by atoms with van der Waals surface area (Å²) in [7, 11) is -0.819. The van der Waals surface area contributed by atoms with Crippen LogP contribution in [0.1, 0.15) is 0 Å². The number of carbonyl (C=O) groups is 1. The van der Waals surface area contributed by atoms with E-state index in [1.54, 1.807) is 25.1 Å². The Morgan fingerprint density at radius 2 is 1.92 bits per heavy atom. The van der Waals surface area contributed by atoms with Gasteiger partial charge in [-0.05, 0) is 18.2 Å². The molecular weight excluding hydrogens is 349 g/mol. The van der Waals surface area contributed by atoms with E-state index in [1.807, 2.05) is 0 Å². The topological polar surface area (TPSA) is 77.9 Å². The summed E-state index contributed by atoms with van der Waals surface area (Å²) < 4.78 is 64.8. The van der Waals surface area contributed by atoms with Crippen molar-refractivity contribution in [3.05, 3.63) is 24.3 Å². The summed E-state index contributed by atoms with van der Waals surface area (Å²) >= 11 is 0. The van der Waals surface area contributed by atoms with Crippen LogP contribution < -0.4 is 4.90 Å². The third-order valence-electron chi connectivity index (χ3n) is 4.00. The number of halogens is 3. The lowest BCUT2D eigenvalue weighted by Gasteiger charge is -2.19. The van der Waals surface area contributed by atoms with Crippen molar-refractivity contribution in [1.82, 2.24) is 4.31 Å². The van der Waals surface area contributed by atoms with E-state index < -0.39 is 47.1 Å². The molecule has 1 saturated heterocycles. The summed E-state index contributed by atoms with van der Waals surface area (Å²) in [4.78, 5) is 12.6. The molecule has 1 N–H and O–H groups in total. The summed E-state index contributed by atoms with van der Waals surface area (Å²) in [6.45, 7) is -1.59. The molecule has 0 saturated carbocycles. The second-order valence-corrected chi connectivity index (χ2v) is 7.74. The highest BCUT2D eigenvalue weighted by Gasteiger charge is 2.54. The molecule has 0 spiro atoms. The van der Waals surface area contributed by atoms with Crippen LogP contribution in [-0.2, 0) is 14.8 Å². The first kappa shape index (κ1) is 18.5. The number of carboxylic acid groups (broad SMARTS) is 1. The third-order valence-corrected chi connectivity index (χ3v) is 5.82. The van der Waals surface area contributed by atoms with E-state index in [2.05, 4.69) is 0 Å². The Labute approximate surface area is 137 Å². The number of sulfonamides is 1. The fourth-order valence-corrected chi connectivity index (χ4v) is 4.15. The van der Waals surface area contributed by atoms with Gasteiger partial charge in [-0.3, -0.25) is 4.79 Å².